The lowest BCUT2D eigenvalue weighted by Crippen LogP contribution is -2.41. The molecule has 168 valence electrons. The minimum atomic E-state index is -4.35. The average Bonchev–Trinajstić information content (AvgIpc) is 3.16. The van der Waals surface area contributed by atoms with E-state index in [1.165, 1.54) is 6.20 Å². The van der Waals surface area contributed by atoms with Crippen molar-refractivity contribution in [2.24, 2.45) is 5.92 Å². The Labute approximate surface area is 179 Å². The molecule has 0 aliphatic carbocycles. The highest BCUT2D eigenvalue weighted by molar-refractivity contribution is 5.92. The molecule has 2 aromatic heterocycles. The van der Waals surface area contributed by atoms with Crippen LogP contribution >= 0.6 is 0 Å². The fourth-order valence-electron chi connectivity index (χ4n) is 4.30. The van der Waals surface area contributed by atoms with Crippen LogP contribution in [0.25, 0.3) is 0 Å². The summed E-state index contributed by atoms with van der Waals surface area (Å²) in [6.45, 7) is 6.66. The van der Waals surface area contributed by atoms with E-state index < -0.39 is 12.2 Å². The zero-order valence-electron chi connectivity index (χ0n) is 17.9. The Kier molecular flexibility index (Phi) is 5.65. The number of alkyl halides is 3. The van der Waals surface area contributed by atoms with Gasteiger partial charge in [0.1, 0.15) is 11.5 Å². The van der Waals surface area contributed by atoms with Gasteiger partial charge in [0.05, 0.1) is 17.6 Å². The van der Waals surface area contributed by atoms with Crippen LogP contribution in [0.3, 0.4) is 0 Å². The van der Waals surface area contributed by atoms with Crippen molar-refractivity contribution in [2.45, 2.75) is 64.2 Å². The zero-order chi connectivity index (χ0) is 22.3. The maximum atomic E-state index is 13.7. The van der Waals surface area contributed by atoms with E-state index in [-0.39, 0.29) is 30.2 Å². The molecule has 1 saturated heterocycles. The maximum absolute atomic E-state index is 13.7. The highest BCUT2D eigenvalue weighted by Crippen LogP contribution is 2.42. The number of nitrogens with one attached hydrogen (secondary N) is 1. The molecule has 0 aromatic carbocycles. The Bertz CT molecular complexity index is 932. The van der Waals surface area contributed by atoms with Gasteiger partial charge in [-0.1, -0.05) is 13.8 Å². The lowest BCUT2D eigenvalue weighted by molar-refractivity contribution is -0.174. The van der Waals surface area contributed by atoms with Crippen LogP contribution in [-0.2, 0) is 0 Å². The molecule has 7 nitrogen and oxygen atoms in total. The molecule has 2 aromatic rings. The summed E-state index contributed by atoms with van der Waals surface area (Å²) in [6.07, 6.45) is -0.0547. The number of anilines is 1. The summed E-state index contributed by atoms with van der Waals surface area (Å²) >= 11 is 0. The van der Waals surface area contributed by atoms with E-state index in [2.05, 4.69) is 20.4 Å². The summed E-state index contributed by atoms with van der Waals surface area (Å²) in [5.41, 5.74) is 1.70. The summed E-state index contributed by atoms with van der Waals surface area (Å²) in [5, 5.41) is 7.59. The molecule has 1 fully saturated rings. The van der Waals surface area contributed by atoms with Crippen molar-refractivity contribution < 1.29 is 18.0 Å². The Morgan fingerprint density at radius 1 is 1.19 bits per heavy atom. The molecule has 10 heteroatoms. The monoisotopic (exact) mass is 436 g/mol. The molecule has 2 atom stereocenters. The molecule has 31 heavy (non-hydrogen) atoms. The fraction of sp³-hybridized carbons (Fsp3) is 0.619. The lowest BCUT2D eigenvalue weighted by Gasteiger charge is -2.35. The van der Waals surface area contributed by atoms with Gasteiger partial charge in [-0.2, -0.15) is 18.3 Å². The molecule has 2 aliphatic rings. The number of hydrogen-bond donors (Lipinski definition) is 1. The number of fused-ring (bicyclic) bond motifs is 1. The Morgan fingerprint density at radius 3 is 2.48 bits per heavy atom. The van der Waals surface area contributed by atoms with E-state index in [9.17, 15) is 18.0 Å². The third-order valence-electron chi connectivity index (χ3n) is 6.24. The number of amides is 1. The highest BCUT2D eigenvalue weighted by Gasteiger charge is 2.47. The third-order valence-corrected chi connectivity index (χ3v) is 6.24. The SMILES string of the molecule is Cc1cnc(C(=O)N2CCC(c3cc4n(n3)[C@@H](C(F)(F)F)C[C@@H](C(C)C)N4)CC2)cn1. The van der Waals surface area contributed by atoms with Crippen molar-refractivity contribution in [3.8, 4) is 0 Å². The Hall–Kier alpha value is -2.65. The van der Waals surface area contributed by atoms with E-state index >= 15 is 0 Å². The molecular weight excluding hydrogens is 409 g/mol. The van der Waals surface area contributed by atoms with E-state index in [1.54, 1.807) is 24.1 Å². The van der Waals surface area contributed by atoms with Gasteiger partial charge in [-0.05, 0) is 32.1 Å². The molecule has 0 bridgehead atoms. The van der Waals surface area contributed by atoms with Crippen LogP contribution in [0.15, 0.2) is 18.5 Å². The number of piperidine rings is 1. The average molecular weight is 436 g/mol. The second-order valence-corrected chi connectivity index (χ2v) is 8.80. The molecule has 1 amide bonds. The number of hydrogen-bond acceptors (Lipinski definition) is 5. The van der Waals surface area contributed by atoms with Crippen LogP contribution in [0.5, 0.6) is 0 Å². The number of aromatic nitrogens is 4. The molecule has 0 radical (unpaired) electrons. The second-order valence-electron chi connectivity index (χ2n) is 8.80. The molecule has 0 spiro atoms. The number of likely N-dealkylation sites (tertiary alicyclic amines) is 1. The maximum Gasteiger partial charge on any atom is 0.410 e. The first-order valence-corrected chi connectivity index (χ1v) is 10.6. The molecule has 2 aliphatic heterocycles. The number of halogens is 3. The van der Waals surface area contributed by atoms with Gasteiger partial charge in [-0.3, -0.25) is 9.78 Å². The summed E-state index contributed by atoms with van der Waals surface area (Å²) in [6, 6.07) is -0.119. The number of rotatable bonds is 3. The number of aryl methyl sites for hydroxylation is 1. The van der Waals surface area contributed by atoms with Gasteiger partial charge in [0.15, 0.2) is 6.04 Å². The summed E-state index contributed by atoms with van der Waals surface area (Å²) in [7, 11) is 0. The van der Waals surface area contributed by atoms with Gasteiger partial charge >= 0.3 is 6.18 Å². The van der Waals surface area contributed by atoms with Gasteiger partial charge in [-0.25, -0.2) is 9.67 Å². The van der Waals surface area contributed by atoms with Crippen LogP contribution in [0.1, 0.15) is 66.9 Å². The van der Waals surface area contributed by atoms with Crippen molar-refractivity contribution in [3.63, 3.8) is 0 Å². The minimum absolute atomic E-state index is 0.0134. The molecule has 4 heterocycles. The number of nitrogens with zero attached hydrogens (tertiary/aromatic N) is 5. The van der Waals surface area contributed by atoms with Crippen molar-refractivity contribution >= 4 is 11.7 Å². The summed E-state index contributed by atoms with van der Waals surface area (Å²) in [4.78, 5) is 22.6. The molecule has 0 saturated carbocycles. The second kappa shape index (κ2) is 8.12. The summed E-state index contributed by atoms with van der Waals surface area (Å²) in [5.74, 6) is 0.347. The van der Waals surface area contributed by atoms with E-state index in [4.69, 9.17) is 0 Å². The standard InChI is InChI=1S/C21H27F3N6O/c1-12(2)15-8-18(21(22,23)24)30-19(27-15)9-16(28-30)14-4-6-29(7-5-14)20(31)17-11-25-13(3)10-26-17/h9-12,14-15,18,27H,4-8H2,1-3H3/t15-,18+/m0/s1. The van der Waals surface area contributed by atoms with Gasteiger partial charge in [-0.15, -0.1) is 0 Å². The minimum Gasteiger partial charge on any atom is -0.367 e. The van der Waals surface area contributed by atoms with Crippen LogP contribution in [0, 0.1) is 12.8 Å². The Morgan fingerprint density at radius 2 is 1.90 bits per heavy atom. The van der Waals surface area contributed by atoms with Crippen molar-refractivity contribution in [2.75, 3.05) is 18.4 Å². The van der Waals surface area contributed by atoms with Crippen molar-refractivity contribution in [3.05, 3.63) is 35.5 Å². The van der Waals surface area contributed by atoms with E-state index in [0.29, 0.717) is 43.1 Å². The highest BCUT2D eigenvalue weighted by atomic mass is 19.4. The van der Waals surface area contributed by atoms with Crippen molar-refractivity contribution in [1.29, 1.82) is 0 Å². The largest absolute Gasteiger partial charge is 0.410 e. The first kappa shape index (κ1) is 21.6. The van der Waals surface area contributed by atoms with Crippen LogP contribution in [0.2, 0.25) is 0 Å². The number of carbonyl (C=O) groups is 1. The van der Waals surface area contributed by atoms with E-state index in [0.717, 1.165) is 10.4 Å². The predicted molar refractivity (Wildman–Crippen MR) is 109 cm³/mol. The Balaban J connectivity index is 1.47. The number of carbonyl (C=O) groups excluding carboxylic acids is 1. The van der Waals surface area contributed by atoms with Crippen molar-refractivity contribution in [1.82, 2.24) is 24.6 Å². The molecule has 4 rings (SSSR count). The fourth-order valence-corrected chi connectivity index (χ4v) is 4.30. The molecule has 0 unspecified atom stereocenters. The smallest absolute Gasteiger partial charge is 0.367 e. The quantitative estimate of drug-likeness (QED) is 0.789. The van der Waals surface area contributed by atoms with Gasteiger partial charge in [0.25, 0.3) is 5.91 Å². The third kappa shape index (κ3) is 4.38. The lowest BCUT2D eigenvalue weighted by atomic mass is 9.93. The first-order valence-electron chi connectivity index (χ1n) is 10.6. The van der Waals surface area contributed by atoms with Gasteiger partial charge in [0, 0.05) is 37.3 Å². The zero-order valence-corrected chi connectivity index (χ0v) is 17.9. The van der Waals surface area contributed by atoms with E-state index in [1.807, 2.05) is 13.8 Å². The van der Waals surface area contributed by atoms with Gasteiger partial charge < -0.3 is 10.2 Å². The van der Waals surface area contributed by atoms with Gasteiger partial charge in [0.2, 0.25) is 0 Å². The normalized spacial score (nSPS) is 22.4. The van der Waals surface area contributed by atoms with Crippen LogP contribution in [-0.4, -0.2) is 55.9 Å². The predicted octanol–water partition coefficient (Wildman–Crippen LogP) is 3.94. The first-order chi connectivity index (χ1) is 14.6. The molecular formula is C21H27F3N6O. The van der Waals surface area contributed by atoms with Crippen LogP contribution < -0.4 is 5.32 Å². The topological polar surface area (TPSA) is 75.9 Å². The van der Waals surface area contributed by atoms with Crippen LogP contribution in [0.4, 0.5) is 19.0 Å². The summed E-state index contributed by atoms with van der Waals surface area (Å²) < 4.78 is 42.2. The molecule has 1 N–H and O–H groups in total.